The van der Waals surface area contributed by atoms with Gasteiger partial charge in [0.05, 0.1) is 12.7 Å². The molecule has 0 aromatic heterocycles. The molecule has 1 saturated heterocycles. The van der Waals surface area contributed by atoms with E-state index in [2.05, 4.69) is 0 Å². The number of ether oxygens (including phenoxy) is 2. The standard InChI is InChI=1S/C18H23NO4/c1-22-18(21)15-5-6-16-14(11-15)8-9-19(16)17(20)7-4-13-3-2-10-23-12-13/h5-6,11,13H,2-4,7-10,12H2,1H3/t13-/m1/s1. The van der Waals surface area contributed by atoms with Gasteiger partial charge in [0.2, 0.25) is 5.91 Å². The van der Waals surface area contributed by atoms with Crippen LogP contribution in [0.4, 0.5) is 5.69 Å². The Morgan fingerprint density at radius 2 is 2.26 bits per heavy atom. The number of esters is 1. The molecule has 1 fully saturated rings. The van der Waals surface area contributed by atoms with E-state index in [1.165, 1.54) is 7.11 Å². The van der Waals surface area contributed by atoms with Crippen LogP contribution in [0.5, 0.6) is 0 Å². The number of rotatable bonds is 4. The van der Waals surface area contributed by atoms with Crippen LogP contribution in [-0.4, -0.2) is 38.7 Å². The monoisotopic (exact) mass is 317 g/mol. The second kappa shape index (κ2) is 7.13. The molecule has 0 bridgehead atoms. The highest BCUT2D eigenvalue weighted by molar-refractivity contribution is 5.97. The van der Waals surface area contributed by atoms with Crippen LogP contribution in [0.15, 0.2) is 18.2 Å². The van der Waals surface area contributed by atoms with Crippen LogP contribution >= 0.6 is 0 Å². The molecule has 2 aliphatic rings. The zero-order chi connectivity index (χ0) is 16.2. The van der Waals surface area contributed by atoms with Gasteiger partial charge < -0.3 is 14.4 Å². The number of nitrogens with zero attached hydrogens (tertiary/aromatic N) is 1. The molecule has 3 rings (SSSR count). The second-order valence-corrected chi connectivity index (χ2v) is 6.25. The molecular weight excluding hydrogens is 294 g/mol. The smallest absolute Gasteiger partial charge is 0.337 e. The van der Waals surface area contributed by atoms with Gasteiger partial charge in [-0.3, -0.25) is 4.79 Å². The summed E-state index contributed by atoms with van der Waals surface area (Å²) in [6.45, 7) is 2.33. The van der Waals surface area contributed by atoms with Crippen LogP contribution in [0.3, 0.4) is 0 Å². The van der Waals surface area contributed by atoms with E-state index in [4.69, 9.17) is 9.47 Å². The predicted molar refractivity (Wildman–Crippen MR) is 86.6 cm³/mol. The maximum absolute atomic E-state index is 12.5. The molecule has 0 unspecified atom stereocenters. The highest BCUT2D eigenvalue weighted by Gasteiger charge is 2.26. The fourth-order valence-corrected chi connectivity index (χ4v) is 3.40. The predicted octanol–water partition coefficient (Wildman–Crippen LogP) is 2.57. The summed E-state index contributed by atoms with van der Waals surface area (Å²) >= 11 is 0. The number of anilines is 1. The van der Waals surface area contributed by atoms with E-state index >= 15 is 0 Å². The summed E-state index contributed by atoms with van der Waals surface area (Å²) in [7, 11) is 1.38. The fraction of sp³-hybridized carbons (Fsp3) is 0.556. The van der Waals surface area contributed by atoms with Gasteiger partial charge in [0, 0.05) is 31.9 Å². The molecule has 2 heterocycles. The number of methoxy groups -OCH3 is 1. The van der Waals surface area contributed by atoms with Crippen molar-refractivity contribution in [3.05, 3.63) is 29.3 Å². The largest absolute Gasteiger partial charge is 0.465 e. The lowest BCUT2D eigenvalue weighted by atomic mass is 9.96. The first kappa shape index (κ1) is 16.0. The van der Waals surface area contributed by atoms with Crippen LogP contribution < -0.4 is 4.90 Å². The molecule has 23 heavy (non-hydrogen) atoms. The number of benzene rings is 1. The zero-order valence-corrected chi connectivity index (χ0v) is 13.5. The SMILES string of the molecule is COC(=O)c1ccc2c(c1)CCN2C(=O)CC[C@H]1CCCOC1. The summed E-state index contributed by atoms with van der Waals surface area (Å²) in [6, 6.07) is 5.42. The van der Waals surface area contributed by atoms with E-state index in [0.717, 1.165) is 50.1 Å². The first-order valence-corrected chi connectivity index (χ1v) is 8.28. The van der Waals surface area contributed by atoms with Crippen LogP contribution in [0.25, 0.3) is 0 Å². The maximum Gasteiger partial charge on any atom is 0.337 e. The summed E-state index contributed by atoms with van der Waals surface area (Å²) in [4.78, 5) is 26.0. The molecule has 1 aromatic rings. The lowest BCUT2D eigenvalue weighted by Crippen LogP contribution is -2.29. The van der Waals surface area contributed by atoms with Gasteiger partial charge in [0.25, 0.3) is 0 Å². The summed E-state index contributed by atoms with van der Waals surface area (Å²) in [5, 5.41) is 0. The second-order valence-electron chi connectivity index (χ2n) is 6.25. The van der Waals surface area contributed by atoms with Crippen molar-refractivity contribution in [1.82, 2.24) is 0 Å². The Bertz CT molecular complexity index is 593. The summed E-state index contributed by atoms with van der Waals surface area (Å²) in [5.74, 6) is 0.339. The number of fused-ring (bicyclic) bond motifs is 1. The van der Waals surface area contributed by atoms with Gasteiger partial charge in [-0.05, 0) is 55.4 Å². The average molecular weight is 317 g/mol. The number of hydrogen-bond donors (Lipinski definition) is 0. The van der Waals surface area contributed by atoms with Gasteiger partial charge in [-0.1, -0.05) is 0 Å². The highest BCUT2D eigenvalue weighted by atomic mass is 16.5. The number of carbonyl (C=O) groups excluding carboxylic acids is 2. The van der Waals surface area contributed by atoms with E-state index in [1.807, 2.05) is 17.0 Å². The fourth-order valence-electron chi connectivity index (χ4n) is 3.40. The van der Waals surface area contributed by atoms with E-state index in [0.29, 0.717) is 24.4 Å². The number of amides is 1. The van der Waals surface area contributed by atoms with E-state index in [-0.39, 0.29) is 11.9 Å². The molecule has 0 N–H and O–H groups in total. The van der Waals surface area contributed by atoms with E-state index in [9.17, 15) is 9.59 Å². The first-order valence-electron chi connectivity index (χ1n) is 8.28. The summed E-state index contributed by atoms with van der Waals surface area (Å²) < 4.78 is 10.2. The molecule has 0 radical (unpaired) electrons. The lowest BCUT2D eigenvalue weighted by Gasteiger charge is -2.23. The van der Waals surface area contributed by atoms with Gasteiger partial charge in [0.15, 0.2) is 0 Å². The van der Waals surface area contributed by atoms with E-state index in [1.54, 1.807) is 6.07 Å². The van der Waals surface area contributed by atoms with Crippen LogP contribution in [0.2, 0.25) is 0 Å². The quantitative estimate of drug-likeness (QED) is 0.801. The van der Waals surface area contributed by atoms with Gasteiger partial charge in [0.1, 0.15) is 0 Å². The Hall–Kier alpha value is -1.88. The van der Waals surface area contributed by atoms with Gasteiger partial charge in [-0.2, -0.15) is 0 Å². The molecular formula is C18H23NO4. The molecule has 1 atom stereocenters. The topological polar surface area (TPSA) is 55.8 Å². The minimum atomic E-state index is -0.338. The molecule has 124 valence electrons. The number of carbonyl (C=O) groups is 2. The highest BCUT2D eigenvalue weighted by Crippen LogP contribution is 2.30. The molecule has 5 nitrogen and oxygen atoms in total. The minimum absolute atomic E-state index is 0.167. The maximum atomic E-state index is 12.5. The zero-order valence-electron chi connectivity index (χ0n) is 13.5. The Kier molecular flexibility index (Phi) is 4.96. The van der Waals surface area contributed by atoms with Crippen molar-refractivity contribution < 1.29 is 19.1 Å². The van der Waals surface area contributed by atoms with E-state index < -0.39 is 0 Å². The molecule has 0 spiro atoms. The first-order chi connectivity index (χ1) is 11.2. The molecule has 0 saturated carbocycles. The van der Waals surface area contributed by atoms with Gasteiger partial charge >= 0.3 is 5.97 Å². The molecule has 5 heteroatoms. The molecule has 0 aliphatic carbocycles. The van der Waals surface area contributed by atoms with Crippen LogP contribution in [0, 0.1) is 5.92 Å². The Balaban J connectivity index is 1.62. The third kappa shape index (κ3) is 3.55. The third-order valence-corrected chi connectivity index (χ3v) is 4.72. The minimum Gasteiger partial charge on any atom is -0.465 e. The lowest BCUT2D eigenvalue weighted by molar-refractivity contribution is -0.119. The van der Waals surface area contributed by atoms with Crippen molar-refractivity contribution in [3.63, 3.8) is 0 Å². The van der Waals surface area contributed by atoms with Crippen LogP contribution in [0.1, 0.15) is 41.6 Å². The summed E-state index contributed by atoms with van der Waals surface area (Å²) in [5.41, 5.74) is 2.52. The van der Waals surface area contributed by atoms with Gasteiger partial charge in [-0.15, -0.1) is 0 Å². The van der Waals surface area contributed by atoms with Crippen molar-refractivity contribution in [2.45, 2.75) is 32.1 Å². The van der Waals surface area contributed by atoms with Crippen molar-refractivity contribution in [2.24, 2.45) is 5.92 Å². The molecule has 1 amide bonds. The third-order valence-electron chi connectivity index (χ3n) is 4.72. The Morgan fingerprint density at radius 3 is 3.00 bits per heavy atom. The van der Waals surface area contributed by atoms with Crippen molar-refractivity contribution in [1.29, 1.82) is 0 Å². The van der Waals surface area contributed by atoms with Crippen LogP contribution in [-0.2, 0) is 20.7 Å². The Morgan fingerprint density at radius 1 is 1.39 bits per heavy atom. The molecule has 2 aliphatic heterocycles. The van der Waals surface area contributed by atoms with Gasteiger partial charge in [-0.25, -0.2) is 4.79 Å². The van der Waals surface area contributed by atoms with Crippen molar-refractivity contribution in [3.8, 4) is 0 Å². The van der Waals surface area contributed by atoms with Crippen molar-refractivity contribution >= 4 is 17.6 Å². The summed E-state index contributed by atoms with van der Waals surface area (Å²) in [6.07, 6.45) is 4.50. The average Bonchev–Trinajstić information content (AvgIpc) is 3.03. The normalized spacial score (nSPS) is 20.2. The van der Waals surface area contributed by atoms with Crippen molar-refractivity contribution in [2.75, 3.05) is 31.8 Å². The number of hydrogen-bond acceptors (Lipinski definition) is 4. The molecule has 1 aromatic carbocycles. The Labute approximate surface area is 136 Å².